The van der Waals surface area contributed by atoms with Gasteiger partial charge in [0.15, 0.2) is 23.3 Å². The molecule has 2 aromatic rings. The monoisotopic (exact) mass is 288 g/mol. The minimum atomic E-state index is -0.990. The Bertz CT molecular complexity index is 621. The van der Waals surface area contributed by atoms with E-state index in [0.29, 0.717) is 6.07 Å². The van der Waals surface area contributed by atoms with E-state index in [2.05, 4.69) is 10.3 Å². The third kappa shape index (κ3) is 2.88. The number of hydrazine groups is 1. The van der Waals surface area contributed by atoms with Gasteiger partial charge in [-0.1, -0.05) is 11.6 Å². The van der Waals surface area contributed by atoms with Gasteiger partial charge in [-0.2, -0.15) is 0 Å². The van der Waals surface area contributed by atoms with Crippen molar-refractivity contribution in [2.75, 3.05) is 10.7 Å². The quantitative estimate of drug-likeness (QED) is 0.599. The highest BCUT2D eigenvalue weighted by Gasteiger charge is 2.13. The lowest BCUT2D eigenvalue weighted by Gasteiger charge is -2.10. The number of anilines is 3. The van der Waals surface area contributed by atoms with Crippen LogP contribution in [0.5, 0.6) is 0 Å². The van der Waals surface area contributed by atoms with Crippen molar-refractivity contribution in [1.82, 2.24) is 4.98 Å². The zero-order chi connectivity index (χ0) is 14.0. The number of hydrogen-bond acceptors (Lipinski definition) is 4. The van der Waals surface area contributed by atoms with Crippen molar-refractivity contribution in [2.45, 2.75) is 0 Å². The van der Waals surface area contributed by atoms with Gasteiger partial charge in [0.05, 0.1) is 5.69 Å². The van der Waals surface area contributed by atoms with Crippen molar-refractivity contribution in [3.63, 3.8) is 0 Å². The van der Waals surface area contributed by atoms with Gasteiger partial charge in [0.1, 0.15) is 5.82 Å². The summed E-state index contributed by atoms with van der Waals surface area (Å²) in [5.74, 6) is 1.66. The molecule has 4 N–H and O–H groups in total. The molecule has 0 spiro atoms. The zero-order valence-corrected chi connectivity index (χ0v) is 10.1. The van der Waals surface area contributed by atoms with Gasteiger partial charge < -0.3 is 10.7 Å². The van der Waals surface area contributed by atoms with Crippen LogP contribution in [0.1, 0.15) is 0 Å². The third-order valence-electron chi connectivity index (χ3n) is 2.25. The predicted molar refractivity (Wildman–Crippen MR) is 66.7 cm³/mol. The van der Waals surface area contributed by atoms with E-state index < -0.39 is 17.5 Å². The van der Waals surface area contributed by atoms with Gasteiger partial charge in [0.2, 0.25) is 0 Å². The van der Waals surface area contributed by atoms with Gasteiger partial charge >= 0.3 is 0 Å². The highest BCUT2D eigenvalue weighted by atomic mass is 35.5. The highest BCUT2D eigenvalue weighted by Crippen LogP contribution is 2.25. The fraction of sp³-hybridized carbons (Fsp3) is 0. The number of benzene rings is 1. The Labute approximate surface area is 111 Å². The van der Waals surface area contributed by atoms with Crippen LogP contribution in [0.3, 0.4) is 0 Å². The van der Waals surface area contributed by atoms with E-state index in [9.17, 15) is 13.2 Å². The number of halogens is 4. The van der Waals surface area contributed by atoms with Crippen LogP contribution in [0, 0.1) is 17.5 Å². The molecule has 100 valence electrons. The summed E-state index contributed by atoms with van der Waals surface area (Å²) < 4.78 is 40.1. The Morgan fingerprint density at radius 1 is 1.00 bits per heavy atom. The number of nitrogens with two attached hydrogens (primary N) is 1. The largest absolute Gasteiger partial charge is 0.335 e. The Hall–Kier alpha value is -1.99. The lowest BCUT2D eigenvalue weighted by molar-refractivity contribution is 0.579. The second-order valence-corrected chi connectivity index (χ2v) is 3.98. The van der Waals surface area contributed by atoms with Crippen molar-refractivity contribution in [2.24, 2.45) is 5.84 Å². The van der Waals surface area contributed by atoms with Crippen molar-refractivity contribution in [1.29, 1.82) is 0 Å². The molecule has 0 radical (unpaired) electrons. The minimum Gasteiger partial charge on any atom is -0.335 e. The van der Waals surface area contributed by atoms with E-state index in [4.69, 9.17) is 17.4 Å². The summed E-state index contributed by atoms with van der Waals surface area (Å²) in [5.41, 5.74) is 1.87. The Kier molecular flexibility index (Phi) is 3.77. The maximum absolute atomic E-state index is 13.5. The molecule has 0 aliphatic rings. The van der Waals surface area contributed by atoms with E-state index in [-0.39, 0.29) is 22.3 Å². The molecule has 0 amide bonds. The number of nitrogen functional groups attached to an aromatic ring is 1. The fourth-order valence-corrected chi connectivity index (χ4v) is 1.55. The Balaban J connectivity index is 2.40. The molecular formula is C11H8ClF3N4. The summed E-state index contributed by atoms with van der Waals surface area (Å²) in [4.78, 5) is 3.55. The van der Waals surface area contributed by atoms with Crippen LogP contribution in [0.15, 0.2) is 24.3 Å². The smallest absolute Gasteiger partial charge is 0.178 e. The van der Waals surface area contributed by atoms with Crippen LogP contribution in [0.4, 0.5) is 30.5 Å². The first-order valence-electron chi connectivity index (χ1n) is 5.06. The molecule has 1 aromatic heterocycles. The van der Waals surface area contributed by atoms with Gasteiger partial charge in [-0.05, 0) is 18.2 Å². The number of pyridine rings is 1. The molecule has 0 aliphatic carbocycles. The second kappa shape index (κ2) is 5.33. The molecule has 0 fully saturated rings. The van der Waals surface area contributed by atoms with Crippen LogP contribution >= 0.6 is 11.6 Å². The molecule has 4 nitrogen and oxygen atoms in total. The first-order valence-corrected chi connectivity index (χ1v) is 5.44. The summed E-state index contributed by atoms with van der Waals surface area (Å²) in [6.07, 6.45) is 0. The average molecular weight is 289 g/mol. The molecule has 0 unspecified atom stereocenters. The van der Waals surface area contributed by atoms with Crippen molar-refractivity contribution < 1.29 is 13.2 Å². The van der Waals surface area contributed by atoms with Crippen LogP contribution < -0.4 is 16.6 Å². The second-order valence-electron chi connectivity index (χ2n) is 3.54. The first kappa shape index (κ1) is 13.4. The zero-order valence-electron chi connectivity index (χ0n) is 9.35. The average Bonchev–Trinajstić information content (AvgIpc) is 2.37. The van der Waals surface area contributed by atoms with Gasteiger partial charge in [-0.15, -0.1) is 0 Å². The number of aromatic nitrogens is 1. The van der Waals surface area contributed by atoms with Gasteiger partial charge in [0.25, 0.3) is 0 Å². The summed E-state index contributed by atoms with van der Waals surface area (Å²) in [5, 5.41) is 2.63. The topological polar surface area (TPSA) is 63.0 Å². The summed E-state index contributed by atoms with van der Waals surface area (Å²) in [7, 11) is 0. The minimum absolute atomic E-state index is 0.0894. The Morgan fingerprint density at radius 2 is 1.68 bits per heavy atom. The SMILES string of the molecule is NNc1nc(Nc2cc(Cl)ccc2F)c(F)cc1F. The van der Waals surface area contributed by atoms with Crippen molar-refractivity contribution >= 4 is 28.9 Å². The summed E-state index contributed by atoms with van der Waals surface area (Å²) >= 11 is 5.69. The van der Waals surface area contributed by atoms with Gasteiger partial charge in [0, 0.05) is 11.1 Å². The standard InChI is InChI=1S/C11H8ClF3N4/c12-5-1-2-6(13)9(3-5)17-10-7(14)4-8(15)11(18-10)19-16/h1-4H,16H2,(H2,17,18,19). The molecule has 0 saturated heterocycles. The predicted octanol–water partition coefficient (Wildman–Crippen LogP) is 3.18. The Morgan fingerprint density at radius 3 is 2.37 bits per heavy atom. The molecule has 2 rings (SSSR count). The molecule has 0 bridgehead atoms. The van der Waals surface area contributed by atoms with E-state index in [0.717, 1.165) is 6.07 Å². The maximum atomic E-state index is 13.5. The summed E-state index contributed by atoms with van der Waals surface area (Å²) in [6, 6.07) is 4.27. The fourth-order valence-electron chi connectivity index (χ4n) is 1.38. The number of nitrogens with zero attached hydrogens (tertiary/aromatic N) is 1. The molecule has 0 aliphatic heterocycles. The maximum Gasteiger partial charge on any atom is 0.178 e. The van der Waals surface area contributed by atoms with E-state index in [1.54, 1.807) is 0 Å². The van der Waals surface area contributed by atoms with E-state index in [1.807, 2.05) is 5.43 Å². The first-order chi connectivity index (χ1) is 9.01. The van der Waals surface area contributed by atoms with Gasteiger partial charge in [-0.25, -0.2) is 24.0 Å². The molecule has 19 heavy (non-hydrogen) atoms. The molecule has 8 heteroatoms. The lowest BCUT2D eigenvalue weighted by atomic mass is 10.3. The van der Waals surface area contributed by atoms with Gasteiger partial charge in [-0.3, -0.25) is 0 Å². The molecular weight excluding hydrogens is 281 g/mol. The van der Waals surface area contributed by atoms with Crippen LogP contribution in [-0.2, 0) is 0 Å². The van der Waals surface area contributed by atoms with E-state index >= 15 is 0 Å². The molecule has 0 atom stereocenters. The molecule has 0 saturated carbocycles. The van der Waals surface area contributed by atoms with Crippen molar-refractivity contribution in [3.8, 4) is 0 Å². The molecule has 1 aromatic carbocycles. The van der Waals surface area contributed by atoms with E-state index in [1.165, 1.54) is 12.1 Å². The van der Waals surface area contributed by atoms with Crippen molar-refractivity contribution in [3.05, 3.63) is 46.7 Å². The lowest BCUT2D eigenvalue weighted by Crippen LogP contribution is -2.12. The third-order valence-corrected chi connectivity index (χ3v) is 2.48. The normalized spacial score (nSPS) is 10.4. The van der Waals surface area contributed by atoms with Crippen LogP contribution in [-0.4, -0.2) is 4.98 Å². The van der Waals surface area contributed by atoms with Crippen LogP contribution in [0.25, 0.3) is 0 Å². The number of hydrogen-bond donors (Lipinski definition) is 3. The highest BCUT2D eigenvalue weighted by molar-refractivity contribution is 6.30. The number of rotatable bonds is 3. The van der Waals surface area contributed by atoms with Crippen LogP contribution in [0.2, 0.25) is 5.02 Å². The number of nitrogens with one attached hydrogen (secondary N) is 2. The molecule has 1 heterocycles. The summed E-state index contributed by atoms with van der Waals surface area (Å²) in [6.45, 7) is 0.